The molecule has 33 heavy (non-hydrogen) atoms. The monoisotopic (exact) mass is 550 g/mol. The summed E-state index contributed by atoms with van der Waals surface area (Å²) in [6.07, 6.45) is 5.51. The molecule has 1 heterocycles. The molecule has 7 nitrogen and oxygen atoms in total. The number of ketones is 1. The van der Waals surface area contributed by atoms with Crippen molar-refractivity contribution in [2.45, 2.75) is 59.6 Å². The SMILES string of the molecule is N[S-](=O)=O.[CH2-]C1C[C@@H](N(C)c2cc(C)ncc2C(=O)C2=CC(C)=C(C)C2)C(C)(C)[C@@H]1OC.[Y]. The molecule has 1 aromatic rings. The van der Waals surface area contributed by atoms with Gasteiger partial charge >= 0.3 is 0 Å². The largest absolute Gasteiger partial charge is 0.409 e. The van der Waals surface area contributed by atoms with Crippen molar-refractivity contribution in [1.82, 2.24) is 4.98 Å². The molecular weight excluding hydrogens is 515 g/mol. The van der Waals surface area contributed by atoms with Gasteiger partial charge in [0.15, 0.2) is 5.78 Å². The van der Waals surface area contributed by atoms with Crippen LogP contribution in [0.2, 0.25) is 0 Å². The van der Waals surface area contributed by atoms with E-state index in [1.807, 2.05) is 19.1 Å². The zero-order valence-electron chi connectivity index (χ0n) is 20.7. The van der Waals surface area contributed by atoms with Gasteiger partial charge in [0.1, 0.15) is 0 Å². The van der Waals surface area contributed by atoms with Crippen molar-refractivity contribution in [2.75, 3.05) is 19.1 Å². The molecule has 181 valence electrons. The first kappa shape index (κ1) is 30.1. The van der Waals surface area contributed by atoms with Crippen LogP contribution in [0.5, 0.6) is 0 Å². The van der Waals surface area contributed by atoms with Gasteiger partial charge in [-0.25, -0.2) is 0 Å². The first-order chi connectivity index (χ1) is 14.8. The number of aromatic nitrogens is 1. The number of nitrogens with two attached hydrogens (primary N) is 1. The molecule has 0 amide bonds. The molecule has 1 fully saturated rings. The fourth-order valence-electron chi connectivity index (χ4n) is 5.02. The second-order valence-electron chi connectivity index (χ2n) is 9.34. The van der Waals surface area contributed by atoms with Crippen LogP contribution in [0, 0.1) is 25.2 Å². The van der Waals surface area contributed by atoms with E-state index in [1.54, 1.807) is 13.3 Å². The van der Waals surface area contributed by atoms with Crippen LogP contribution in [0.1, 0.15) is 56.6 Å². The summed E-state index contributed by atoms with van der Waals surface area (Å²) in [6, 6.07) is 2.26. The second-order valence-corrected chi connectivity index (χ2v) is 9.86. The number of pyridine rings is 1. The van der Waals surface area contributed by atoms with Crippen LogP contribution in [0.25, 0.3) is 0 Å². The quantitative estimate of drug-likeness (QED) is 0.337. The topological polar surface area (TPSA) is 103 Å². The van der Waals surface area contributed by atoms with Crippen LogP contribution in [-0.2, 0) is 56.8 Å². The van der Waals surface area contributed by atoms with Crippen molar-refractivity contribution in [3.8, 4) is 0 Å². The van der Waals surface area contributed by atoms with Crippen LogP contribution in [0.15, 0.2) is 35.1 Å². The Morgan fingerprint density at radius 1 is 1.30 bits per heavy atom. The number of carbonyl (C=O) groups is 1. The van der Waals surface area contributed by atoms with E-state index in [4.69, 9.17) is 13.2 Å². The summed E-state index contributed by atoms with van der Waals surface area (Å²) in [5, 5.41) is 4.03. The number of carbonyl (C=O) groups excluding carboxylic acids is 1. The zero-order chi connectivity index (χ0) is 24.4. The van der Waals surface area contributed by atoms with E-state index in [0.29, 0.717) is 5.56 Å². The Labute approximate surface area is 225 Å². The fraction of sp³-hybridized carbons (Fsp3) is 0.542. The molecule has 0 aliphatic heterocycles. The van der Waals surface area contributed by atoms with Crippen molar-refractivity contribution in [3.63, 3.8) is 0 Å². The summed E-state index contributed by atoms with van der Waals surface area (Å²) in [5.41, 5.74) is 5.77. The number of allylic oxidation sites excluding steroid dienone is 4. The molecule has 2 aliphatic rings. The third-order valence-electron chi connectivity index (χ3n) is 6.72. The van der Waals surface area contributed by atoms with Gasteiger partial charge in [-0.15, -0.1) is 5.92 Å². The van der Waals surface area contributed by atoms with Gasteiger partial charge in [-0.2, -0.15) is 0 Å². The van der Waals surface area contributed by atoms with E-state index < -0.39 is 10.9 Å². The Balaban J connectivity index is 0.00000101. The Bertz CT molecular complexity index is 1010. The third kappa shape index (κ3) is 6.82. The minimum Gasteiger partial charge on any atom is -0.409 e. The number of hydrogen-bond acceptors (Lipinski definition) is 7. The summed E-state index contributed by atoms with van der Waals surface area (Å²) in [6.45, 7) is 14.9. The maximum atomic E-state index is 13.3. The molecule has 3 atom stereocenters. The summed E-state index contributed by atoms with van der Waals surface area (Å²) in [5.74, 6) is 0.303. The standard InChI is InChI=1S/C24H33N2O2.H2NO2S.Y/c1-14-9-18(10-15(14)2)22(27)19-13-25-17(4)12-20(19)26(7)21-11-16(3)23(28-8)24(21,5)6;1-4(2)3;/h9,12-13,16,21,23H,3,10-11H2,1-2,4-8H3;(H2,1,2,3);/q2*-1;/t16?,21-,23-;;/m1../s1. The Kier molecular flexibility index (Phi) is 11.1. The maximum absolute atomic E-state index is 13.3. The predicted molar refractivity (Wildman–Crippen MR) is 128 cm³/mol. The number of nitrogens with zero attached hydrogens (tertiary/aromatic N) is 2. The molecule has 0 saturated heterocycles. The fourth-order valence-corrected chi connectivity index (χ4v) is 5.02. The summed E-state index contributed by atoms with van der Waals surface area (Å²) >= 11 is 0. The average molecular weight is 551 g/mol. The van der Waals surface area contributed by atoms with Crippen LogP contribution in [-0.4, -0.2) is 37.1 Å². The first-order valence-corrected chi connectivity index (χ1v) is 11.8. The van der Waals surface area contributed by atoms with E-state index in [-0.39, 0.29) is 62.0 Å². The number of ether oxygens (including phenoxy) is 1. The molecule has 2 aliphatic carbocycles. The molecule has 1 saturated carbocycles. The van der Waals surface area contributed by atoms with Crippen molar-refractivity contribution in [1.29, 1.82) is 0 Å². The number of hydrogen-bond donors (Lipinski definition) is 1. The van der Waals surface area contributed by atoms with Crippen LogP contribution >= 0.6 is 0 Å². The molecule has 0 bridgehead atoms. The molecule has 2 N–H and O–H groups in total. The van der Waals surface area contributed by atoms with Gasteiger partial charge < -0.3 is 30.1 Å². The maximum Gasteiger partial charge on any atom is 0.192 e. The van der Waals surface area contributed by atoms with E-state index in [0.717, 1.165) is 29.8 Å². The molecule has 0 spiro atoms. The number of Topliss-reactive ketones (excluding diaryl/α,β-unsaturated/α-hetero) is 1. The number of aryl methyl sites for hydroxylation is 1. The molecular formula is C24H35N3O4SY-2. The molecule has 3 rings (SSSR count). The molecule has 9 heteroatoms. The van der Waals surface area contributed by atoms with E-state index >= 15 is 0 Å². The normalized spacial score (nSPS) is 23.6. The van der Waals surface area contributed by atoms with E-state index in [9.17, 15) is 4.79 Å². The third-order valence-corrected chi connectivity index (χ3v) is 6.72. The molecule has 0 aromatic carbocycles. The van der Waals surface area contributed by atoms with Crippen LogP contribution < -0.4 is 10.0 Å². The number of methoxy groups -OCH3 is 1. The van der Waals surface area contributed by atoms with Gasteiger partial charge in [0.25, 0.3) is 0 Å². The van der Waals surface area contributed by atoms with Crippen molar-refractivity contribution in [2.24, 2.45) is 16.5 Å². The van der Waals surface area contributed by atoms with Gasteiger partial charge in [0.05, 0.1) is 11.3 Å². The number of anilines is 1. The van der Waals surface area contributed by atoms with Gasteiger partial charge in [0, 0.05) is 81.9 Å². The van der Waals surface area contributed by atoms with E-state index in [1.165, 1.54) is 11.1 Å². The average Bonchev–Trinajstić information content (AvgIpc) is 3.14. The summed E-state index contributed by atoms with van der Waals surface area (Å²) in [4.78, 5) is 20.0. The minimum absolute atomic E-state index is 0. The van der Waals surface area contributed by atoms with Crippen LogP contribution in [0.4, 0.5) is 5.69 Å². The number of rotatable bonds is 5. The van der Waals surface area contributed by atoms with Crippen molar-refractivity contribution >= 4 is 22.4 Å². The molecule has 1 aromatic heterocycles. The first-order valence-electron chi connectivity index (χ1n) is 10.6. The minimum atomic E-state index is -2.36. The second kappa shape index (κ2) is 12.2. The van der Waals surface area contributed by atoms with Crippen molar-refractivity contribution in [3.05, 3.63) is 53.2 Å². The van der Waals surface area contributed by atoms with Gasteiger partial charge in [-0.3, -0.25) is 9.78 Å². The van der Waals surface area contributed by atoms with Gasteiger partial charge in [0.2, 0.25) is 0 Å². The zero-order valence-corrected chi connectivity index (χ0v) is 24.3. The van der Waals surface area contributed by atoms with Crippen molar-refractivity contribution < 1.29 is 50.7 Å². The van der Waals surface area contributed by atoms with E-state index in [2.05, 4.69) is 56.7 Å². The Morgan fingerprint density at radius 2 is 1.88 bits per heavy atom. The Hall–Kier alpha value is -0.926. The summed E-state index contributed by atoms with van der Waals surface area (Å²) < 4.78 is 23.3. The van der Waals surface area contributed by atoms with Gasteiger partial charge in [-0.1, -0.05) is 37.5 Å². The summed E-state index contributed by atoms with van der Waals surface area (Å²) in [7, 11) is 1.49. The van der Waals surface area contributed by atoms with Crippen LogP contribution in [0.3, 0.4) is 0 Å². The smallest absolute Gasteiger partial charge is 0.192 e. The Morgan fingerprint density at radius 3 is 2.33 bits per heavy atom. The molecule has 1 unspecified atom stereocenters. The van der Waals surface area contributed by atoms with Gasteiger partial charge in [-0.05, 0) is 44.1 Å². The predicted octanol–water partition coefficient (Wildman–Crippen LogP) is 4.11. The molecule has 1 radical (unpaired) electrons.